The summed E-state index contributed by atoms with van der Waals surface area (Å²) in [6.07, 6.45) is 0. The Morgan fingerprint density at radius 2 is 1.68 bits per heavy atom. The van der Waals surface area contributed by atoms with Gasteiger partial charge < -0.3 is 25.3 Å². The average Bonchev–Trinajstić information content (AvgIpc) is 2.64. The van der Waals surface area contributed by atoms with Gasteiger partial charge in [-0.25, -0.2) is 0 Å². The number of benzene rings is 2. The molecule has 0 saturated carbocycles. The number of amides is 2. The molecule has 2 rings (SSSR count). The normalized spacial score (nSPS) is 9.96. The van der Waals surface area contributed by atoms with Gasteiger partial charge >= 0.3 is 0 Å². The second-order valence-electron chi connectivity index (χ2n) is 5.02. The Balaban J connectivity index is 1.69. The van der Waals surface area contributed by atoms with E-state index in [1.54, 1.807) is 49.6 Å². The molecular weight excluding hydrogens is 324 g/mol. The molecule has 0 atom stereocenters. The molecule has 0 radical (unpaired) electrons. The predicted octanol–water partition coefficient (Wildman–Crippen LogP) is 1.37. The van der Waals surface area contributed by atoms with Crippen molar-refractivity contribution in [2.24, 2.45) is 5.73 Å². The van der Waals surface area contributed by atoms with E-state index in [1.807, 2.05) is 0 Å². The van der Waals surface area contributed by atoms with Gasteiger partial charge in [0.15, 0.2) is 6.61 Å². The molecule has 2 amide bonds. The van der Waals surface area contributed by atoms with Crippen LogP contribution < -0.4 is 25.3 Å². The Bertz CT molecular complexity index is 716. The number of nitrogens with two attached hydrogens (primary N) is 1. The van der Waals surface area contributed by atoms with Crippen molar-refractivity contribution in [1.82, 2.24) is 5.32 Å². The predicted molar refractivity (Wildman–Crippen MR) is 92.0 cm³/mol. The molecule has 7 heteroatoms. The van der Waals surface area contributed by atoms with Crippen molar-refractivity contribution in [2.45, 2.75) is 0 Å². The molecule has 0 bridgehead atoms. The van der Waals surface area contributed by atoms with Gasteiger partial charge in [-0.05, 0) is 36.4 Å². The van der Waals surface area contributed by atoms with Crippen LogP contribution in [0.2, 0.25) is 0 Å². The van der Waals surface area contributed by atoms with Crippen LogP contribution in [0, 0.1) is 0 Å². The number of nitrogens with one attached hydrogen (secondary N) is 1. The van der Waals surface area contributed by atoms with Crippen molar-refractivity contribution in [3.05, 3.63) is 54.1 Å². The van der Waals surface area contributed by atoms with Crippen LogP contribution in [0.15, 0.2) is 48.5 Å². The summed E-state index contributed by atoms with van der Waals surface area (Å²) in [4.78, 5) is 23.0. The topological polar surface area (TPSA) is 99.9 Å². The van der Waals surface area contributed by atoms with Crippen molar-refractivity contribution in [3.63, 3.8) is 0 Å². The molecule has 0 aliphatic rings. The van der Waals surface area contributed by atoms with Gasteiger partial charge in [0.25, 0.3) is 11.8 Å². The number of hydrogen-bond acceptors (Lipinski definition) is 5. The van der Waals surface area contributed by atoms with Crippen LogP contribution in [-0.4, -0.2) is 38.7 Å². The van der Waals surface area contributed by atoms with Crippen LogP contribution in [0.25, 0.3) is 0 Å². The molecule has 0 unspecified atom stereocenters. The van der Waals surface area contributed by atoms with Crippen LogP contribution in [0.4, 0.5) is 0 Å². The molecule has 0 saturated heterocycles. The molecule has 25 heavy (non-hydrogen) atoms. The molecule has 0 aliphatic carbocycles. The number of para-hydroxylation sites is 1. The van der Waals surface area contributed by atoms with E-state index in [0.717, 1.165) is 5.75 Å². The van der Waals surface area contributed by atoms with Gasteiger partial charge in [0.1, 0.15) is 23.9 Å². The van der Waals surface area contributed by atoms with Crippen LogP contribution in [-0.2, 0) is 4.79 Å². The Morgan fingerprint density at radius 1 is 1.00 bits per heavy atom. The van der Waals surface area contributed by atoms with Gasteiger partial charge in [0, 0.05) is 0 Å². The molecule has 0 aliphatic heterocycles. The largest absolute Gasteiger partial charge is 0.497 e. The van der Waals surface area contributed by atoms with Crippen molar-refractivity contribution in [3.8, 4) is 17.2 Å². The van der Waals surface area contributed by atoms with Gasteiger partial charge in [0.05, 0.1) is 19.2 Å². The van der Waals surface area contributed by atoms with Crippen molar-refractivity contribution in [1.29, 1.82) is 0 Å². The Hall–Kier alpha value is -3.22. The first-order valence-corrected chi connectivity index (χ1v) is 7.65. The first-order valence-electron chi connectivity index (χ1n) is 7.65. The average molecular weight is 344 g/mol. The molecule has 2 aromatic carbocycles. The zero-order valence-electron chi connectivity index (χ0n) is 13.9. The Labute approximate surface area is 145 Å². The van der Waals surface area contributed by atoms with Crippen LogP contribution in [0.5, 0.6) is 17.2 Å². The van der Waals surface area contributed by atoms with Crippen molar-refractivity contribution in [2.75, 3.05) is 26.9 Å². The molecule has 7 nitrogen and oxygen atoms in total. The highest BCUT2D eigenvalue weighted by Gasteiger charge is 2.10. The molecule has 2 aromatic rings. The van der Waals surface area contributed by atoms with E-state index in [2.05, 4.69) is 5.32 Å². The van der Waals surface area contributed by atoms with Crippen LogP contribution >= 0.6 is 0 Å². The quantitative estimate of drug-likeness (QED) is 0.669. The molecule has 0 heterocycles. The van der Waals surface area contributed by atoms with E-state index < -0.39 is 5.91 Å². The zero-order chi connectivity index (χ0) is 18.1. The minimum absolute atomic E-state index is 0.215. The van der Waals surface area contributed by atoms with Crippen molar-refractivity contribution >= 4 is 11.8 Å². The van der Waals surface area contributed by atoms with E-state index in [0.29, 0.717) is 18.9 Å². The number of primary amides is 1. The van der Waals surface area contributed by atoms with E-state index >= 15 is 0 Å². The second-order valence-corrected chi connectivity index (χ2v) is 5.02. The van der Waals surface area contributed by atoms with E-state index in [4.69, 9.17) is 19.9 Å². The highest BCUT2D eigenvalue weighted by atomic mass is 16.5. The van der Waals surface area contributed by atoms with Gasteiger partial charge in [-0.3, -0.25) is 9.59 Å². The molecular formula is C18H20N2O5. The summed E-state index contributed by atoms with van der Waals surface area (Å²) < 4.78 is 15.9. The number of carbonyl (C=O) groups is 2. The third-order valence-corrected chi connectivity index (χ3v) is 3.26. The summed E-state index contributed by atoms with van der Waals surface area (Å²) in [5.41, 5.74) is 5.48. The van der Waals surface area contributed by atoms with Crippen molar-refractivity contribution < 1.29 is 23.8 Å². The third-order valence-electron chi connectivity index (χ3n) is 3.26. The second kappa shape index (κ2) is 9.17. The number of methoxy groups -OCH3 is 1. The number of carbonyl (C=O) groups excluding carboxylic acids is 2. The highest BCUT2D eigenvalue weighted by molar-refractivity contribution is 5.95. The fourth-order valence-corrected chi connectivity index (χ4v) is 2.02. The maximum Gasteiger partial charge on any atom is 0.258 e. The lowest BCUT2D eigenvalue weighted by Crippen LogP contribution is -2.32. The molecule has 3 N–H and O–H groups in total. The Kier molecular flexibility index (Phi) is 6.65. The van der Waals surface area contributed by atoms with Gasteiger partial charge in [0.2, 0.25) is 0 Å². The molecule has 132 valence electrons. The first-order chi connectivity index (χ1) is 12.1. The van der Waals surface area contributed by atoms with E-state index in [-0.39, 0.29) is 23.8 Å². The lowest BCUT2D eigenvalue weighted by atomic mass is 10.2. The fraction of sp³-hybridized carbons (Fsp3) is 0.222. The van der Waals surface area contributed by atoms with Crippen LogP contribution in [0.1, 0.15) is 10.4 Å². The fourth-order valence-electron chi connectivity index (χ4n) is 2.02. The van der Waals surface area contributed by atoms with Gasteiger partial charge in [-0.15, -0.1) is 0 Å². The lowest BCUT2D eigenvalue weighted by Gasteiger charge is -2.10. The smallest absolute Gasteiger partial charge is 0.258 e. The van der Waals surface area contributed by atoms with E-state index in [1.165, 1.54) is 6.07 Å². The number of ether oxygens (including phenoxy) is 3. The first kappa shape index (κ1) is 18.1. The summed E-state index contributed by atoms with van der Waals surface area (Å²) >= 11 is 0. The summed E-state index contributed by atoms with van der Waals surface area (Å²) in [6, 6.07) is 13.6. The molecule has 0 fully saturated rings. The third kappa shape index (κ3) is 5.72. The SMILES string of the molecule is COc1ccc(OCCNC(=O)COc2ccccc2C(N)=O)cc1. The standard InChI is InChI=1S/C18H20N2O5/c1-23-13-6-8-14(9-7-13)24-11-10-20-17(21)12-25-16-5-3-2-4-15(16)18(19)22/h2-9H,10-12H2,1H3,(H2,19,22)(H,20,21). The minimum Gasteiger partial charge on any atom is -0.497 e. The number of rotatable bonds is 9. The van der Waals surface area contributed by atoms with Gasteiger partial charge in [-0.2, -0.15) is 0 Å². The van der Waals surface area contributed by atoms with Crippen LogP contribution in [0.3, 0.4) is 0 Å². The summed E-state index contributed by atoms with van der Waals surface area (Å²) in [7, 11) is 1.59. The summed E-state index contributed by atoms with van der Waals surface area (Å²) in [5, 5.41) is 2.66. The molecule has 0 aromatic heterocycles. The molecule has 0 spiro atoms. The number of hydrogen-bond donors (Lipinski definition) is 2. The lowest BCUT2D eigenvalue weighted by molar-refractivity contribution is -0.123. The zero-order valence-corrected chi connectivity index (χ0v) is 13.9. The minimum atomic E-state index is -0.608. The highest BCUT2D eigenvalue weighted by Crippen LogP contribution is 2.17. The van der Waals surface area contributed by atoms with Gasteiger partial charge in [-0.1, -0.05) is 12.1 Å². The van der Waals surface area contributed by atoms with E-state index in [9.17, 15) is 9.59 Å². The monoisotopic (exact) mass is 344 g/mol. The Morgan fingerprint density at radius 3 is 2.36 bits per heavy atom. The summed E-state index contributed by atoms with van der Waals surface area (Å²) in [6.45, 7) is 0.425. The summed E-state index contributed by atoms with van der Waals surface area (Å²) in [5.74, 6) is 0.775. The maximum atomic E-state index is 11.8. The maximum absolute atomic E-state index is 11.8.